The van der Waals surface area contributed by atoms with Gasteiger partial charge in [-0.3, -0.25) is 4.79 Å². The van der Waals surface area contributed by atoms with Gasteiger partial charge in [0.1, 0.15) is 0 Å². The molecule has 0 N–H and O–H groups in total. The molecule has 2 aromatic rings. The van der Waals surface area contributed by atoms with E-state index in [1.165, 1.54) is 17.8 Å². The summed E-state index contributed by atoms with van der Waals surface area (Å²) in [7, 11) is 0. The first kappa shape index (κ1) is 38.0. The van der Waals surface area contributed by atoms with Gasteiger partial charge in [-0.1, -0.05) is 72.8 Å². The molecule has 3 heteroatoms. The van der Waals surface area contributed by atoms with Crippen molar-refractivity contribution in [2.75, 3.05) is 0 Å². The van der Waals surface area contributed by atoms with Gasteiger partial charge in [0.25, 0.3) is 0 Å². The summed E-state index contributed by atoms with van der Waals surface area (Å²) >= 11 is 0. The minimum Gasteiger partial charge on any atom is -0.323 e. The zero-order chi connectivity index (χ0) is 23.4. The third kappa shape index (κ3) is 36.1. The van der Waals surface area contributed by atoms with Crippen molar-refractivity contribution < 1.29 is 25.2 Å². The van der Waals surface area contributed by atoms with Crippen molar-refractivity contribution in [2.45, 2.75) is 62.3 Å². The van der Waals surface area contributed by atoms with Crippen LogP contribution in [0.4, 0.5) is 0 Å². The minimum atomic E-state index is -0.0114. The maximum Gasteiger partial charge on any atom is 0.178 e. The molecular weight excluding hydrogens is 502 g/mol. The van der Waals surface area contributed by atoms with Crippen LogP contribution in [0.15, 0.2) is 72.8 Å². The van der Waals surface area contributed by atoms with Crippen LogP contribution in [0.3, 0.4) is 0 Å². The molecule has 2 aromatic carbocycles. The van der Waals surface area contributed by atoms with Crippen LogP contribution >= 0.6 is 9.90 Å². The van der Waals surface area contributed by atoms with Crippen LogP contribution in [0, 0.1) is 17.8 Å². The summed E-state index contributed by atoms with van der Waals surface area (Å²) < 4.78 is 0. The van der Waals surface area contributed by atoms with Crippen molar-refractivity contribution in [2.24, 2.45) is 0 Å². The Morgan fingerprint density at radius 3 is 1.00 bits per heavy atom. The van der Waals surface area contributed by atoms with Crippen molar-refractivity contribution in [1.29, 1.82) is 0 Å². The van der Waals surface area contributed by atoms with E-state index >= 15 is 0 Å². The summed E-state index contributed by atoms with van der Waals surface area (Å²) in [5.41, 5.74) is 2.05. The Kier molecular flexibility index (Phi) is 30.8. The molecule has 0 bridgehead atoms. The SMILES string of the molecule is C[C-](C)C.C[C-](C)C.C[C-](C)C.O=C(C=Cc1ccccc1)C=Cc1ccccc1.P.[Pd]. The molecule has 0 fully saturated rings. The Hall–Kier alpha value is -1.32. The van der Waals surface area contributed by atoms with Gasteiger partial charge in [0.2, 0.25) is 0 Å². The number of ketones is 1. The van der Waals surface area contributed by atoms with Gasteiger partial charge in [-0.05, 0) is 23.3 Å². The van der Waals surface area contributed by atoms with Gasteiger partial charge in [-0.15, -0.1) is 0 Å². The number of hydrogen-bond donors (Lipinski definition) is 0. The molecule has 0 saturated heterocycles. The Morgan fingerprint density at radius 2 is 0.781 bits per heavy atom. The summed E-state index contributed by atoms with van der Waals surface area (Å²) in [5.74, 6) is 4.24. The van der Waals surface area contributed by atoms with Crippen molar-refractivity contribution in [1.82, 2.24) is 0 Å². The topological polar surface area (TPSA) is 17.1 Å². The van der Waals surface area contributed by atoms with Crippen molar-refractivity contribution >= 4 is 27.8 Å². The number of rotatable bonds is 4. The fraction of sp³-hybridized carbons (Fsp3) is 0.310. The van der Waals surface area contributed by atoms with E-state index in [9.17, 15) is 4.79 Å². The van der Waals surface area contributed by atoms with Gasteiger partial charge in [0, 0.05) is 20.4 Å². The molecule has 0 radical (unpaired) electrons. The first-order chi connectivity index (χ1) is 14.0. The smallest absolute Gasteiger partial charge is 0.178 e. The average Bonchev–Trinajstić information content (AvgIpc) is 2.65. The van der Waals surface area contributed by atoms with Crippen LogP contribution in [0.25, 0.3) is 12.2 Å². The van der Waals surface area contributed by atoms with E-state index in [2.05, 4.69) is 62.3 Å². The van der Waals surface area contributed by atoms with Crippen LogP contribution in [-0.2, 0) is 25.2 Å². The van der Waals surface area contributed by atoms with Gasteiger partial charge in [0.15, 0.2) is 5.78 Å². The number of hydrogen-bond acceptors (Lipinski definition) is 1. The molecule has 0 aromatic heterocycles. The molecule has 0 aliphatic rings. The Balaban J connectivity index is -0.000000235. The normalized spacial score (nSPS) is 9.62. The quantitative estimate of drug-likeness (QED) is 0.162. The van der Waals surface area contributed by atoms with Crippen LogP contribution in [-0.4, -0.2) is 5.78 Å². The molecule has 0 spiro atoms. The van der Waals surface area contributed by atoms with E-state index in [0.717, 1.165) is 11.1 Å². The second-order valence-corrected chi connectivity index (χ2v) is 8.39. The third-order valence-corrected chi connectivity index (χ3v) is 2.48. The van der Waals surface area contributed by atoms with Crippen LogP contribution < -0.4 is 0 Å². The molecule has 1 unspecified atom stereocenters. The maximum absolute atomic E-state index is 11.6. The van der Waals surface area contributed by atoms with Gasteiger partial charge in [-0.25, -0.2) is 0 Å². The third-order valence-electron chi connectivity index (χ3n) is 2.48. The largest absolute Gasteiger partial charge is 0.323 e. The molecule has 1 atom stereocenters. The Labute approximate surface area is 216 Å². The number of carbonyl (C=O) groups excluding carboxylic acids is 1. The molecule has 0 amide bonds. The van der Waals surface area contributed by atoms with Gasteiger partial charge in [0.05, 0.1) is 0 Å². The fourth-order valence-electron chi connectivity index (χ4n) is 1.54. The van der Waals surface area contributed by atoms with E-state index < -0.39 is 0 Å². The molecule has 32 heavy (non-hydrogen) atoms. The first-order valence-corrected chi connectivity index (χ1v) is 10.3. The van der Waals surface area contributed by atoms with Crippen molar-refractivity contribution in [3.8, 4) is 0 Å². The summed E-state index contributed by atoms with van der Waals surface area (Å²) in [5, 5.41) is 0. The van der Waals surface area contributed by atoms with E-state index in [1.807, 2.05) is 72.8 Å². The fourth-order valence-corrected chi connectivity index (χ4v) is 1.54. The summed E-state index contributed by atoms with van der Waals surface area (Å²) in [6.07, 6.45) is 6.79. The predicted octanol–water partition coefficient (Wildman–Crippen LogP) is 8.90. The zero-order valence-electron chi connectivity index (χ0n) is 21.5. The molecule has 0 aliphatic heterocycles. The molecule has 0 aliphatic carbocycles. The van der Waals surface area contributed by atoms with Gasteiger partial charge in [-0.2, -0.15) is 72.2 Å². The summed E-state index contributed by atoms with van der Waals surface area (Å²) in [6, 6.07) is 19.6. The van der Waals surface area contributed by atoms with Gasteiger partial charge < -0.3 is 17.8 Å². The molecule has 184 valence electrons. The van der Waals surface area contributed by atoms with E-state index in [-0.39, 0.29) is 36.1 Å². The predicted molar refractivity (Wildman–Crippen MR) is 148 cm³/mol. The second kappa shape index (κ2) is 25.9. The second-order valence-electron chi connectivity index (χ2n) is 8.39. The van der Waals surface area contributed by atoms with E-state index in [4.69, 9.17) is 0 Å². The molecule has 2 rings (SSSR count). The summed E-state index contributed by atoms with van der Waals surface area (Å²) in [4.78, 5) is 11.6. The standard InChI is InChI=1S/C17H14O.3C4H9.H3P.Pd/c18-17(13-11-15-7-3-1-4-8-15)14-12-16-9-5-2-6-10-16;3*1-4(2)3;;/h1-14H;3*1-3H3;1H3;/q;3*-1;;. The van der Waals surface area contributed by atoms with E-state index in [1.54, 1.807) is 12.2 Å². The summed E-state index contributed by atoms with van der Waals surface area (Å²) in [6.45, 7) is 18.8. The monoisotopic (exact) mass is 545 g/mol. The first-order valence-electron chi connectivity index (χ1n) is 10.3. The Morgan fingerprint density at radius 1 is 0.562 bits per heavy atom. The minimum absolute atomic E-state index is 0. The number of carbonyl (C=O) groups is 1. The van der Waals surface area contributed by atoms with E-state index in [0.29, 0.717) is 0 Å². The maximum atomic E-state index is 11.6. The van der Waals surface area contributed by atoms with Crippen LogP contribution in [0.5, 0.6) is 0 Å². The molecule has 0 heterocycles. The number of benzene rings is 2. The molecular formula is C29H44OPPd-3. The number of allylic oxidation sites excluding steroid dienone is 2. The van der Waals surface area contributed by atoms with Crippen molar-refractivity contribution in [3.63, 3.8) is 0 Å². The molecule has 1 nitrogen and oxygen atoms in total. The average molecular weight is 546 g/mol. The van der Waals surface area contributed by atoms with Crippen LogP contribution in [0.1, 0.15) is 73.4 Å². The van der Waals surface area contributed by atoms with Crippen LogP contribution in [0.2, 0.25) is 0 Å². The zero-order valence-corrected chi connectivity index (χ0v) is 24.5. The van der Waals surface area contributed by atoms with Crippen molar-refractivity contribution in [3.05, 3.63) is 102 Å². The van der Waals surface area contributed by atoms with Gasteiger partial charge >= 0.3 is 0 Å². The Bertz CT molecular complexity index is 616. The molecule has 0 saturated carbocycles.